The fourth-order valence-corrected chi connectivity index (χ4v) is 2.25. The average Bonchev–Trinajstić information content (AvgIpc) is 2.37. The third-order valence-corrected chi connectivity index (χ3v) is 3.40. The molecule has 1 amide bonds. The van der Waals surface area contributed by atoms with E-state index in [-0.39, 0.29) is 11.9 Å². The highest BCUT2D eigenvalue weighted by Crippen LogP contribution is 2.15. The smallest absolute Gasteiger partial charge is 0.220 e. The van der Waals surface area contributed by atoms with Crippen LogP contribution in [0, 0.1) is 18.3 Å². The van der Waals surface area contributed by atoms with Gasteiger partial charge in [0, 0.05) is 18.9 Å². The number of nitrogens with one attached hydrogen (secondary N) is 2. The second-order valence-corrected chi connectivity index (χ2v) is 4.83. The van der Waals surface area contributed by atoms with Gasteiger partial charge in [0.15, 0.2) is 0 Å². The lowest BCUT2D eigenvalue weighted by atomic mass is 9.94. The highest BCUT2D eigenvalue weighted by Gasteiger charge is 2.15. The molecule has 96 valence electrons. The average molecular weight is 236 g/mol. The largest absolute Gasteiger partial charge is 0.352 e. The summed E-state index contributed by atoms with van der Waals surface area (Å²) in [6.45, 7) is 4.24. The van der Waals surface area contributed by atoms with Crippen molar-refractivity contribution >= 4 is 5.91 Å². The van der Waals surface area contributed by atoms with Crippen LogP contribution in [-0.2, 0) is 4.79 Å². The van der Waals surface area contributed by atoms with Crippen molar-refractivity contribution in [3.63, 3.8) is 0 Å². The zero-order chi connectivity index (χ0) is 12.5. The molecule has 0 bridgehead atoms. The molecule has 0 aliphatic carbocycles. The van der Waals surface area contributed by atoms with Gasteiger partial charge in [-0.1, -0.05) is 6.92 Å². The molecular formula is C14H24N2O. The van der Waals surface area contributed by atoms with Crippen LogP contribution in [-0.4, -0.2) is 25.0 Å². The predicted molar refractivity (Wildman–Crippen MR) is 70.5 cm³/mol. The highest BCUT2D eigenvalue weighted by molar-refractivity contribution is 5.76. The molecule has 1 aliphatic rings. The molecule has 2 atom stereocenters. The van der Waals surface area contributed by atoms with Crippen LogP contribution in [0.5, 0.6) is 0 Å². The molecule has 1 saturated heterocycles. The SMILES string of the molecule is C#CCC(CC)NC(=O)CCC1CCCNC1. The van der Waals surface area contributed by atoms with Crippen LogP contribution >= 0.6 is 0 Å². The molecule has 2 unspecified atom stereocenters. The second kappa shape index (κ2) is 8.14. The molecule has 0 spiro atoms. The minimum Gasteiger partial charge on any atom is -0.352 e. The van der Waals surface area contributed by atoms with Crippen molar-refractivity contribution < 1.29 is 4.79 Å². The maximum atomic E-state index is 11.7. The van der Waals surface area contributed by atoms with Crippen molar-refractivity contribution in [2.24, 2.45) is 5.92 Å². The molecule has 3 nitrogen and oxygen atoms in total. The zero-order valence-corrected chi connectivity index (χ0v) is 10.8. The van der Waals surface area contributed by atoms with Gasteiger partial charge in [-0.05, 0) is 44.7 Å². The quantitative estimate of drug-likeness (QED) is 0.689. The van der Waals surface area contributed by atoms with Crippen molar-refractivity contribution in [3.05, 3.63) is 0 Å². The van der Waals surface area contributed by atoms with Crippen molar-refractivity contribution in [3.8, 4) is 12.3 Å². The highest BCUT2D eigenvalue weighted by atomic mass is 16.1. The van der Waals surface area contributed by atoms with E-state index in [9.17, 15) is 4.79 Å². The second-order valence-electron chi connectivity index (χ2n) is 4.83. The molecule has 0 aromatic carbocycles. The van der Waals surface area contributed by atoms with E-state index in [0.717, 1.165) is 25.9 Å². The van der Waals surface area contributed by atoms with Gasteiger partial charge in [-0.3, -0.25) is 4.79 Å². The van der Waals surface area contributed by atoms with Crippen LogP contribution < -0.4 is 10.6 Å². The van der Waals surface area contributed by atoms with Crippen molar-refractivity contribution in [1.82, 2.24) is 10.6 Å². The predicted octanol–water partition coefficient (Wildman–Crippen LogP) is 1.68. The van der Waals surface area contributed by atoms with Crippen LogP contribution in [0.3, 0.4) is 0 Å². The molecule has 3 heteroatoms. The van der Waals surface area contributed by atoms with Gasteiger partial charge in [0.05, 0.1) is 0 Å². The first-order valence-corrected chi connectivity index (χ1v) is 6.69. The summed E-state index contributed by atoms with van der Waals surface area (Å²) in [7, 11) is 0. The molecule has 17 heavy (non-hydrogen) atoms. The Balaban J connectivity index is 2.17. The number of terminal acetylenes is 1. The van der Waals surface area contributed by atoms with E-state index >= 15 is 0 Å². The summed E-state index contributed by atoms with van der Waals surface area (Å²) in [6.07, 6.45) is 10.9. The van der Waals surface area contributed by atoms with E-state index in [0.29, 0.717) is 18.8 Å². The first-order chi connectivity index (χ1) is 8.26. The summed E-state index contributed by atoms with van der Waals surface area (Å²) >= 11 is 0. The van der Waals surface area contributed by atoms with Gasteiger partial charge in [0.1, 0.15) is 0 Å². The molecular weight excluding hydrogens is 212 g/mol. The molecule has 1 fully saturated rings. The lowest BCUT2D eigenvalue weighted by Gasteiger charge is -2.22. The Morgan fingerprint density at radius 1 is 1.65 bits per heavy atom. The summed E-state index contributed by atoms with van der Waals surface area (Å²) in [4.78, 5) is 11.7. The van der Waals surface area contributed by atoms with Gasteiger partial charge in [0.2, 0.25) is 5.91 Å². The van der Waals surface area contributed by atoms with E-state index in [2.05, 4.69) is 16.6 Å². The number of piperidine rings is 1. The minimum absolute atomic E-state index is 0.150. The maximum absolute atomic E-state index is 11.7. The lowest BCUT2D eigenvalue weighted by Crippen LogP contribution is -2.35. The van der Waals surface area contributed by atoms with Crippen LogP contribution in [0.2, 0.25) is 0 Å². The molecule has 0 aromatic rings. The summed E-state index contributed by atoms with van der Waals surface area (Å²) in [5, 5.41) is 6.38. The van der Waals surface area contributed by atoms with Crippen molar-refractivity contribution in [2.45, 2.75) is 51.5 Å². The van der Waals surface area contributed by atoms with Gasteiger partial charge < -0.3 is 10.6 Å². The topological polar surface area (TPSA) is 41.1 Å². The van der Waals surface area contributed by atoms with Crippen LogP contribution in [0.1, 0.15) is 45.4 Å². The minimum atomic E-state index is 0.150. The van der Waals surface area contributed by atoms with Gasteiger partial charge in [0.25, 0.3) is 0 Å². The number of hydrogen-bond donors (Lipinski definition) is 2. The van der Waals surface area contributed by atoms with E-state index in [1.807, 2.05) is 6.92 Å². The Bertz CT molecular complexity index is 264. The summed E-state index contributed by atoms with van der Waals surface area (Å²) in [6, 6.07) is 0.150. The van der Waals surface area contributed by atoms with Gasteiger partial charge in [-0.15, -0.1) is 12.3 Å². The molecule has 1 rings (SSSR count). The Labute approximate surface area is 105 Å². The first kappa shape index (κ1) is 14.1. The molecule has 0 saturated carbocycles. The Morgan fingerprint density at radius 3 is 3.06 bits per heavy atom. The standard InChI is InChI=1S/C14H24N2O/c1-3-6-13(4-2)16-14(17)9-8-12-7-5-10-15-11-12/h1,12-13,15H,4-11H2,2H3,(H,16,17). The normalized spacial score (nSPS) is 21.5. The fourth-order valence-electron chi connectivity index (χ4n) is 2.25. The van der Waals surface area contributed by atoms with E-state index < -0.39 is 0 Å². The Morgan fingerprint density at radius 2 is 2.47 bits per heavy atom. The summed E-state index contributed by atoms with van der Waals surface area (Å²) < 4.78 is 0. The third kappa shape index (κ3) is 5.74. The van der Waals surface area contributed by atoms with Gasteiger partial charge in [-0.2, -0.15) is 0 Å². The third-order valence-electron chi connectivity index (χ3n) is 3.40. The number of carbonyl (C=O) groups is 1. The molecule has 2 N–H and O–H groups in total. The van der Waals surface area contributed by atoms with E-state index in [1.54, 1.807) is 0 Å². The van der Waals surface area contributed by atoms with E-state index in [4.69, 9.17) is 6.42 Å². The van der Waals surface area contributed by atoms with Crippen molar-refractivity contribution in [2.75, 3.05) is 13.1 Å². The Hall–Kier alpha value is -1.01. The molecule has 0 aromatic heterocycles. The van der Waals surface area contributed by atoms with Gasteiger partial charge in [-0.25, -0.2) is 0 Å². The van der Waals surface area contributed by atoms with Crippen LogP contribution in [0.15, 0.2) is 0 Å². The Kier molecular flexibility index (Phi) is 6.73. The van der Waals surface area contributed by atoms with Crippen molar-refractivity contribution in [1.29, 1.82) is 0 Å². The summed E-state index contributed by atoms with van der Waals surface area (Å²) in [5.41, 5.74) is 0. The monoisotopic (exact) mass is 236 g/mol. The number of hydrogen-bond acceptors (Lipinski definition) is 2. The number of amides is 1. The van der Waals surface area contributed by atoms with Crippen LogP contribution in [0.25, 0.3) is 0 Å². The molecule has 1 heterocycles. The maximum Gasteiger partial charge on any atom is 0.220 e. The zero-order valence-electron chi connectivity index (χ0n) is 10.8. The fraction of sp³-hybridized carbons (Fsp3) is 0.786. The number of carbonyl (C=O) groups excluding carboxylic acids is 1. The van der Waals surface area contributed by atoms with Gasteiger partial charge >= 0.3 is 0 Å². The summed E-state index contributed by atoms with van der Waals surface area (Å²) in [5.74, 6) is 3.42. The van der Waals surface area contributed by atoms with Crippen LogP contribution in [0.4, 0.5) is 0 Å². The lowest BCUT2D eigenvalue weighted by molar-refractivity contribution is -0.122. The first-order valence-electron chi connectivity index (χ1n) is 6.69. The van der Waals surface area contributed by atoms with E-state index in [1.165, 1.54) is 12.8 Å². The number of rotatable bonds is 6. The molecule has 1 aliphatic heterocycles. The molecule has 0 radical (unpaired) electrons.